The molecular weight excluding hydrogens is 212 g/mol. The molecule has 2 bridgehead atoms. The minimum atomic E-state index is 0.455. The second-order valence-corrected chi connectivity index (χ2v) is 5.94. The molecule has 0 heterocycles. The molecule has 2 fully saturated rings. The second kappa shape index (κ2) is 6.72. The van der Waals surface area contributed by atoms with Crippen LogP contribution >= 0.6 is 0 Å². The first-order valence-corrected chi connectivity index (χ1v) is 7.37. The van der Waals surface area contributed by atoms with Crippen LogP contribution in [0, 0.1) is 17.8 Å². The normalized spacial score (nSPS) is 33.2. The molecule has 0 aliphatic heterocycles. The van der Waals surface area contributed by atoms with E-state index in [2.05, 4.69) is 12.3 Å². The molecule has 17 heavy (non-hydrogen) atoms. The monoisotopic (exact) mass is 240 g/mol. The van der Waals surface area contributed by atoms with Crippen molar-refractivity contribution in [2.75, 3.05) is 13.2 Å². The van der Waals surface area contributed by atoms with E-state index in [1.165, 1.54) is 32.1 Å². The average molecular weight is 240 g/mol. The molecule has 0 saturated heterocycles. The first-order chi connectivity index (χ1) is 8.33. The number of fused-ring (bicyclic) bond motifs is 2. The second-order valence-electron chi connectivity index (χ2n) is 5.94. The van der Waals surface area contributed by atoms with Crippen molar-refractivity contribution in [2.45, 2.75) is 57.9 Å². The lowest BCUT2D eigenvalue weighted by atomic mass is 9.84. The van der Waals surface area contributed by atoms with Crippen LogP contribution in [0.3, 0.4) is 0 Å². The fourth-order valence-electron chi connectivity index (χ4n) is 3.77. The summed E-state index contributed by atoms with van der Waals surface area (Å²) >= 11 is 0. The van der Waals surface area contributed by atoms with Crippen LogP contribution in [0.4, 0.5) is 0 Å². The van der Waals surface area contributed by atoms with Gasteiger partial charge in [0.2, 0.25) is 0 Å². The minimum absolute atomic E-state index is 0.455. The molecule has 0 radical (unpaired) electrons. The van der Waals surface area contributed by atoms with E-state index in [9.17, 15) is 0 Å². The number of nitrogens with two attached hydrogens (primary N) is 1. The molecule has 3 heteroatoms. The standard InChI is InChI=1S/C14H28N2O/c1-2-6-17-7-5-14(16-15)10-13-9-11-3-4-12(13)8-11/h11-14,16H,2-10,15H2,1H3. The summed E-state index contributed by atoms with van der Waals surface area (Å²) < 4.78 is 5.55. The topological polar surface area (TPSA) is 47.3 Å². The van der Waals surface area contributed by atoms with Gasteiger partial charge in [-0.3, -0.25) is 11.3 Å². The molecule has 0 aromatic carbocycles. The van der Waals surface area contributed by atoms with Gasteiger partial charge >= 0.3 is 0 Å². The third-order valence-corrected chi connectivity index (χ3v) is 4.67. The number of nitrogens with one attached hydrogen (secondary N) is 1. The van der Waals surface area contributed by atoms with E-state index in [1.807, 2.05) is 0 Å². The summed E-state index contributed by atoms with van der Waals surface area (Å²) in [6.07, 6.45) is 9.33. The van der Waals surface area contributed by atoms with Crippen LogP contribution in [-0.2, 0) is 4.74 Å². The lowest BCUT2D eigenvalue weighted by Crippen LogP contribution is -2.38. The Labute approximate surface area is 105 Å². The zero-order chi connectivity index (χ0) is 12.1. The van der Waals surface area contributed by atoms with Crippen molar-refractivity contribution < 1.29 is 4.74 Å². The molecular formula is C14H28N2O. The Morgan fingerprint density at radius 2 is 2.18 bits per heavy atom. The number of hydrogen-bond donors (Lipinski definition) is 2. The third-order valence-electron chi connectivity index (χ3n) is 4.67. The molecule has 0 aromatic rings. The third kappa shape index (κ3) is 3.67. The number of rotatable bonds is 8. The summed E-state index contributed by atoms with van der Waals surface area (Å²) in [6, 6.07) is 0.455. The molecule has 4 atom stereocenters. The summed E-state index contributed by atoms with van der Waals surface area (Å²) in [5.74, 6) is 8.64. The molecule has 3 nitrogen and oxygen atoms in total. The van der Waals surface area contributed by atoms with Crippen molar-refractivity contribution >= 4 is 0 Å². The van der Waals surface area contributed by atoms with E-state index >= 15 is 0 Å². The quantitative estimate of drug-likeness (QED) is 0.389. The van der Waals surface area contributed by atoms with Crippen LogP contribution in [0.15, 0.2) is 0 Å². The van der Waals surface area contributed by atoms with Gasteiger partial charge in [0.15, 0.2) is 0 Å². The first-order valence-electron chi connectivity index (χ1n) is 7.37. The molecule has 4 unspecified atom stereocenters. The highest BCUT2D eigenvalue weighted by molar-refractivity contribution is 4.91. The van der Waals surface area contributed by atoms with Crippen molar-refractivity contribution in [3.8, 4) is 0 Å². The summed E-state index contributed by atoms with van der Waals surface area (Å²) in [4.78, 5) is 0. The van der Waals surface area contributed by atoms with Crippen LogP contribution in [0.1, 0.15) is 51.9 Å². The van der Waals surface area contributed by atoms with Gasteiger partial charge in [0, 0.05) is 19.3 Å². The van der Waals surface area contributed by atoms with Crippen molar-refractivity contribution in [3.63, 3.8) is 0 Å². The molecule has 100 valence electrons. The van der Waals surface area contributed by atoms with Crippen LogP contribution in [0.2, 0.25) is 0 Å². The minimum Gasteiger partial charge on any atom is -0.381 e. The maximum Gasteiger partial charge on any atom is 0.0481 e. The van der Waals surface area contributed by atoms with Crippen LogP contribution in [0.5, 0.6) is 0 Å². The average Bonchev–Trinajstić information content (AvgIpc) is 2.95. The van der Waals surface area contributed by atoms with Gasteiger partial charge in [-0.1, -0.05) is 13.3 Å². The van der Waals surface area contributed by atoms with Gasteiger partial charge in [-0.2, -0.15) is 0 Å². The molecule has 2 aliphatic carbocycles. The maximum atomic E-state index is 5.66. The fraction of sp³-hybridized carbons (Fsp3) is 1.00. The highest BCUT2D eigenvalue weighted by atomic mass is 16.5. The molecule has 0 spiro atoms. The first kappa shape index (κ1) is 13.3. The Kier molecular flexibility index (Phi) is 5.26. The van der Waals surface area contributed by atoms with E-state index in [1.54, 1.807) is 0 Å². The van der Waals surface area contributed by atoms with Crippen molar-refractivity contribution in [1.82, 2.24) is 5.43 Å². The van der Waals surface area contributed by atoms with Gasteiger partial charge in [0.05, 0.1) is 0 Å². The largest absolute Gasteiger partial charge is 0.381 e. The van der Waals surface area contributed by atoms with Crippen LogP contribution < -0.4 is 11.3 Å². The molecule has 2 rings (SSSR count). The smallest absolute Gasteiger partial charge is 0.0481 e. The number of hydrazine groups is 1. The predicted octanol–water partition coefficient (Wildman–Crippen LogP) is 2.46. The molecule has 0 amide bonds. The van der Waals surface area contributed by atoms with Gasteiger partial charge in [-0.15, -0.1) is 0 Å². The SMILES string of the molecule is CCCOCCC(CC1CC2CCC1C2)NN. The van der Waals surface area contributed by atoms with E-state index in [0.29, 0.717) is 6.04 Å². The highest BCUT2D eigenvalue weighted by Crippen LogP contribution is 2.49. The van der Waals surface area contributed by atoms with E-state index in [4.69, 9.17) is 10.6 Å². The van der Waals surface area contributed by atoms with Gasteiger partial charge in [-0.25, -0.2) is 0 Å². The Morgan fingerprint density at radius 3 is 2.76 bits per heavy atom. The van der Waals surface area contributed by atoms with E-state index in [0.717, 1.165) is 43.8 Å². The number of hydrogen-bond acceptors (Lipinski definition) is 3. The van der Waals surface area contributed by atoms with Crippen LogP contribution in [-0.4, -0.2) is 19.3 Å². The van der Waals surface area contributed by atoms with E-state index in [-0.39, 0.29) is 0 Å². The summed E-state index contributed by atoms with van der Waals surface area (Å²) in [6.45, 7) is 3.88. The van der Waals surface area contributed by atoms with Gasteiger partial charge in [0.1, 0.15) is 0 Å². The molecule has 2 aliphatic rings. The van der Waals surface area contributed by atoms with Crippen molar-refractivity contribution in [1.29, 1.82) is 0 Å². The molecule has 2 saturated carbocycles. The Balaban J connectivity index is 1.65. The zero-order valence-corrected chi connectivity index (χ0v) is 11.2. The predicted molar refractivity (Wildman–Crippen MR) is 70.4 cm³/mol. The molecule has 3 N–H and O–H groups in total. The van der Waals surface area contributed by atoms with E-state index < -0.39 is 0 Å². The Hall–Kier alpha value is -0.120. The van der Waals surface area contributed by atoms with Gasteiger partial charge in [0.25, 0.3) is 0 Å². The Morgan fingerprint density at radius 1 is 1.29 bits per heavy atom. The molecule has 0 aromatic heterocycles. The lowest BCUT2D eigenvalue weighted by molar-refractivity contribution is 0.119. The van der Waals surface area contributed by atoms with Crippen LogP contribution in [0.25, 0.3) is 0 Å². The van der Waals surface area contributed by atoms with Crippen molar-refractivity contribution in [3.05, 3.63) is 0 Å². The lowest BCUT2D eigenvalue weighted by Gasteiger charge is -2.26. The highest BCUT2D eigenvalue weighted by Gasteiger charge is 2.39. The van der Waals surface area contributed by atoms with Gasteiger partial charge in [-0.05, 0) is 56.3 Å². The Bertz CT molecular complexity index is 222. The maximum absolute atomic E-state index is 5.66. The fourth-order valence-corrected chi connectivity index (χ4v) is 3.77. The summed E-state index contributed by atoms with van der Waals surface area (Å²) in [5.41, 5.74) is 2.99. The van der Waals surface area contributed by atoms with Crippen molar-refractivity contribution in [2.24, 2.45) is 23.6 Å². The zero-order valence-electron chi connectivity index (χ0n) is 11.2. The number of ether oxygens (including phenoxy) is 1. The van der Waals surface area contributed by atoms with Gasteiger partial charge < -0.3 is 4.74 Å². The summed E-state index contributed by atoms with van der Waals surface area (Å²) in [5, 5.41) is 0. The summed E-state index contributed by atoms with van der Waals surface area (Å²) in [7, 11) is 0.